The molecule has 0 saturated heterocycles. The topological polar surface area (TPSA) is 54.0 Å². The van der Waals surface area contributed by atoms with E-state index in [-0.39, 0.29) is 6.03 Å². The van der Waals surface area contributed by atoms with Crippen LogP contribution in [0.25, 0.3) is 0 Å². The van der Waals surface area contributed by atoms with Crippen LogP contribution in [-0.2, 0) is 6.42 Å². The number of nitrogens with one attached hydrogen (secondary N) is 2. The number of halogens is 2. The Balaban J connectivity index is 1.78. The highest BCUT2D eigenvalue weighted by Crippen LogP contribution is 2.12. The number of aromatic nitrogens is 1. The number of amides is 2. The number of urea groups is 1. The Morgan fingerprint density at radius 2 is 2.15 bits per heavy atom. The van der Waals surface area contributed by atoms with Crippen LogP contribution in [0.5, 0.6) is 0 Å². The third-order valence-corrected chi connectivity index (χ3v) is 3.28. The average molecular weight is 355 g/mol. The van der Waals surface area contributed by atoms with Gasteiger partial charge in [0.2, 0.25) is 0 Å². The highest BCUT2D eigenvalue weighted by atomic mass is 79.9. The minimum Gasteiger partial charge on any atom is -0.337 e. The molecule has 0 spiro atoms. The second-order valence-corrected chi connectivity index (χ2v) is 5.47. The Kier molecular flexibility index (Phi) is 5.38. The first kappa shape index (κ1) is 14.8. The van der Waals surface area contributed by atoms with Crippen molar-refractivity contribution in [1.29, 1.82) is 0 Å². The van der Waals surface area contributed by atoms with E-state index in [1.165, 1.54) is 0 Å². The first-order chi connectivity index (χ1) is 9.63. The van der Waals surface area contributed by atoms with E-state index in [4.69, 9.17) is 11.6 Å². The summed E-state index contributed by atoms with van der Waals surface area (Å²) in [6.07, 6.45) is 2.30. The molecule has 0 radical (unpaired) electrons. The molecule has 104 valence electrons. The van der Waals surface area contributed by atoms with E-state index >= 15 is 0 Å². The average Bonchev–Trinajstić information content (AvgIpc) is 2.38. The summed E-state index contributed by atoms with van der Waals surface area (Å²) >= 11 is 9.22. The molecule has 6 heteroatoms. The summed E-state index contributed by atoms with van der Waals surface area (Å²) in [6, 6.07) is 10.9. The van der Waals surface area contributed by atoms with Crippen LogP contribution in [0.4, 0.5) is 10.6 Å². The second-order valence-electron chi connectivity index (χ2n) is 4.12. The smallest absolute Gasteiger partial charge is 0.320 e. The van der Waals surface area contributed by atoms with Crippen molar-refractivity contribution in [1.82, 2.24) is 10.3 Å². The van der Waals surface area contributed by atoms with Crippen molar-refractivity contribution in [2.24, 2.45) is 0 Å². The SMILES string of the molecule is O=C(NCCc1cccc(Br)c1)Nc1cc(Cl)ccn1. The molecule has 0 aliphatic carbocycles. The summed E-state index contributed by atoms with van der Waals surface area (Å²) in [5.74, 6) is 0.428. The van der Waals surface area contributed by atoms with E-state index in [9.17, 15) is 4.79 Å². The van der Waals surface area contributed by atoms with Crippen molar-refractivity contribution in [2.45, 2.75) is 6.42 Å². The molecule has 2 rings (SSSR count). The van der Waals surface area contributed by atoms with Gasteiger partial charge >= 0.3 is 6.03 Å². The molecule has 4 nitrogen and oxygen atoms in total. The lowest BCUT2D eigenvalue weighted by Gasteiger charge is -2.07. The molecule has 0 saturated carbocycles. The molecule has 0 bridgehead atoms. The zero-order valence-electron chi connectivity index (χ0n) is 10.6. The molecule has 0 fully saturated rings. The van der Waals surface area contributed by atoms with Crippen LogP contribution in [0.2, 0.25) is 5.02 Å². The summed E-state index contributed by atoms with van der Waals surface area (Å²) in [6.45, 7) is 0.544. The normalized spacial score (nSPS) is 10.1. The molecule has 0 atom stereocenters. The van der Waals surface area contributed by atoms with Gasteiger partial charge in [-0.05, 0) is 36.2 Å². The lowest BCUT2D eigenvalue weighted by molar-refractivity contribution is 0.252. The fraction of sp³-hybridized carbons (Fsp3) is 0.143. The number of pyridine rings is 1. The quantitative estimate of drug-likeness (QED) is 0.876. The third kappa shape index (κ3) is 4.83. The Hall–Kier alpha value is -1.59. The number of hydrogen-bond donors (Lipinski definition) is 2. The fourth-order valence-electron chi connectivity index (χ4n) is 1.65. The van der Waals surface area contributed by atoms with E-state index in [1.54, 1.807) is 18.3 Å². The lowest BCUT2D eigenvalue weighted by atomic mass is 10.1. The van der Waals surface area contributed by atoms with Gasteiger partial charge in [0, 0.05) is 22.2 Å². The summed E-state index contributed by atoms with van der Waals surface area (Å²) in [5.41, 5.74) is 1.15. The van der Waals surface area contributed by atoms with E-state index in [0.717, 1.165) is 16.5 Å². The number of nitrogens with zero attached hydrogens (tertiary/aromatic N) is 1. The van der Waals surface area contributed by atoms with Crippen LogP contribution < -0.4 is 10.6 Å². The van der Waals surface area contributed by atoms with Crippen molar-refractivity contribution >= 4 is 39.4 Å². The zero-order chi connectivity index (χ0) is 14.4. The van der Waals surface area contributed by atoms with Crippen LogP contribution in [0.3, 0.4) is 0 Å². The molecule has 20 heavy (non-hydrogen) atoms. The predicted molar refractivity (Wildman–Crippen MR) is 84.1 cm³/mol. The van der Waals surface area contributed by atoms with E-state index in [2.05, 4.69) is 31.5 Å². The lowest BCUT2D eigenvalue weighted by Crippen LogP contribution is -2.30. The molecule has 1 aromatic heterocycles. The summed E-state index contributed by atoms with van der Waals surface area (Å²) < 4.78 is 1.03. The highest BCUT2D eigenvalue weighted by Gasteiger charge is 2.02. The number of carbonyl (C=O) groups excluding carboxylic acids is 1. The Morgan fingerprint density at radius 1 is 1.30 bits per heavy atom. The second kappa shape index (κ2) is 7.26. The minimum absolute atomic E-state index is 0.297. The van der Waals surface area contributed by atoms with E-state index in [1.807, 2.05) is 24.3 Å². The van der Waals surface area contributed by atoms with E-state index in [0.29, 0.717) is 17.4 Å². The maximum Gasteiger partial charge on any atom is 0.320 e. The van der Waals surface area contributed by atoms with Crippen LogP contribution in [0.15, 0.2) is 47.1 Å². The molecule has 1 aromatic carbocycles. The van der Waals surface area contributed by atoms with Crippen molar-refractivity contribution < 1.29 is 4.79 Å². The van der Waals surface area contributed by atoms with Crippen molar-refractivity contribution in [3.63, 3.8) is 0 Å². The van der Waals surface area contributed by atoms with Gasteiger partial charge in [-0.25, -0.2) is 9.78 Å². The summed E-state index contributed by atoms with van der Waals surface area (Å²) in [4.78, 5) is 15.7. The molecule has 0 aliphatic heterocycles. The Bertz CT molecular complexity index is 606. The number of benzene rings is 1. The number of rotatable bonds is 4. The minimum atomic E-state index is -0.297. The summed E-state index contributed by atoms with van der Waals surface area (Å²) in [7, 11) is 0. The maximum atomic E-state index is 11.7. The molecule has 0 unspecified atom stereocenters. The van der Waals surface area contributed by atoms with Crippen molar-refractivity contribution in [3.8, 4) is 0 Å². The van der Waals surface area contributed by atoms with Gasteiger partial charge in [-0.1, -0.05) is 39.7 Å². The summed E-state index contributed by atoms with van der Waals surface area (Å²) in [5, 5.41) is 5.93. The predicted octanol–water partition coefficient (Wildman–Crippen LogP) is 3.86. The molecule has 2 amide bonds. The first-order valence-electron chi connectivity index (χ1n) is 6.04. The maximum absolute atomic E-state index is 11.7. The Labute approximate surface area is 130 Å². The molecule has 2 N–H and O–H groups in total. The van der Waals surface area contributed by atoms with Gasteiger partial charge in [-0.2, -0.15) is 0 Å². The van der Waals surface area contributed by atoms with Gasteiger partial charge in [0.15, 0.2) is 0 Å². The monoisotopic (exact) mass is 353 g/mol. The van der Waals surface area contributed by atoms with Gasteiger partial charge in [0.25, 0.3) is 0 Å². The standard InChI is InChI=1S/C14H13BrClN3O/c15-11-3-1-2-10(8-11)4-6-18-14(20)19-13-9-12(16)5-7-17-13/h1-3,5,7-9H,4,6H2,(H2,17,18,19,20). The third-order valence-electron chi connectivity index (χ3n) is 2.55. The highest BCUT2D eigenvalue weighted by molar-refractivity contribution is 9.10. The Morgan fingerprint density at radius 3 is 2.90 bits per heavy atom. The van der Waals surface area contributed by atoms with Gasteiger partial charge in [-0.3, -0.25) is 5.32 Å². The first-order valence-corrected chi connectivity index (χ1v) is 7.21. The van der Waals surface area contributed by atoms with Gasteiger partial charge in [0.1, 0.15) is 5.82 Å². The molecule has 2 aromatic rings. The number of hydrogen-bond acceptors (Lipinski definition) is 2. The zero-order valence-corrected chi connectivity index (χ0v) is 12.9. The molecular formula is C14H13BrClN3O. The van der Waals surface area contributed by atoms with Crippen molar-refractivity contribution in [2.75, 3.05) is 11.9 Å². The largest absolute Gasteiger partial charge is 0.337 e. The van der Waals surface area contributed by atoms with Gasteiger partial charge < -0.3 is 5.32 Å². The van der Waals surface area contributed by atoms with Crippen LogP contribution >= 0.6 is 27.5 Å². The van der Waals surface area contributed by atoms with Gasteiger partial charge in [0.05, 0.1) is 0 Å². The molecular weight excluding hydrogens is 342 g/mol. The van der Waals surface area contributed by atoms with Crippen molar-refractivity contribution in [3.05, 3.63) is 57.7 Å². The number of anilines is 1. The van der Waals surface area contributed by atoms with Crippen LogP contribution in [0, 0.1) is 0 Å². The van der Waals surface area contributed by atoms with Crippen LogP contribution in [-0.4, -0.2) is 17.6 Å². The van der Waals surface area contributed by atoms with E-state index < -0.39 is 0 Å². The van der Waals surface area contributed by atoms with Crippen LogP contribution in [0.1, 0.15) is 5.56 Å². The number of carbonyl (C=O) groups is 1. The fourth-order valence-corrected chi connectivity index (χ4v) is 2.25. The van der Waals surface area contributed by atoms with Gasteiger partial charge in [-0.15, -0.1) is 0 Å². The molecule has 1 heterocycles. The molecule has 0 aliphatic rings.